The van der Waals surface area contributed by atoms with Crippen LogP contribution in [0, 0.1) is 17.0 Å². The van der Waals surface area contributed by atoms with Gasteiger partial charge in [-0.1, -0.05) is 29.8 Å². The Kier molecular flexibility index (Phi) is 6.95. The monoisotopic (exact) mass is 492 g/mol. The fraction of sp³-hybridized carbons (Fsp3) is 0.250. The third kappa shape index (κ3) is 4.87. The molecule has 0 aliphatic rings. The summed E-state index contributed by atoms with van der Waals surface area (Å²) in [6, 6.07) is 10.3. The highest BCUT2D eigenvalue weighted by molar-refractivity contribution is 5.99. The molecule has 36 heavy (non-hydrogen) atoms. The Balaban J connectivity index is 1.49. The SMILES string of the molecule is COc1cc(C(=O)NCCn2ncc3c(=O)n(Cc4cccc(C)c4)cnc32)c([N+](=O)[O-])cc1OC. The van der Waals surface area contributed by atoms with Crippen molar-refractivity contribution < 1.29 is 19.2 Å². The summed E-state index contributed by atoms with van der Waals surface area (Å²) >= 11 is 0. The molecule has 1 N–H and O–H groups in total. The molecule has 0 radical (unpaired) electrons. The van der Waals surface area contributed by atoms with Gasteiger partial charge < -0.3 is 14.8 Å². The van der Waals surface area contributed by atoms with E-state index in [1.54, 1.807) is 0 Å². The predicted octanol–water partition coefficient (Wildman–Crippen LogP) is 2.31. The molecule has 4 aromatic rings. The average molecular weight is 492 g/mol. The second kappa shape index (κ2) is 10.3. The number of carbonyl (C=O) groups excluding carboxylic acids is 1. The average Bonchev–Trinajstić information content (AvgIpc) is 3.28. The van der Waals surface area contributed by atoms with Gasteiger partial charge in [0.05, 0.1) is 44.5 Å². The number of ether oxygens (including phenoxy) is 2. The number of hydrogen-bond acceptors (Lipinski definition) is 8. The lowest BCUT2D eigenvalue weighted by Crippen LogP contribution is -2.28. The Morgan fingerprint density at radius 3 is 2.61 bits per heavy atom. The van der Waals surface area contributed by atoms with Crippen LogP contribution in [-0.4, -0.2) is 50.9 Å². The van der Waals surface area contributed by atoms with Crippen molar-refractivity contribution in [3.05, 3.63) is 86.1 Å². The lowest BCUT2D eigenvalue weighted by Gasteiger charge is -2.11. The van der Waals surface area contributed by atoms with Gasteiger partial charge >= 0.3 is 0 Å². The van der Waals surface area contributed by atoms with Gasteiger partial charge in [-0.05, 0) is 12.5 Å². The number of benzene rings is 2. The van der Waals surface area contributed by atoms with E-state index in [0.29, 0.717) is 17.6 Å². The number of nitrogens with zero attached hydrogens (tertiary/aromatic N) is 5. The minimum absolute atomic E-state index is 0.0924. The number of nitro groups is 1. The Morgan fingerprint density at radius 1 is 1.17 bits per heavy atom. The number of nitro benzene ring substituents is 1. The van der Waals surface area contributed by atoms with Crippen LogP contribution < -0.4 is 20.3 Å². The quantitative estimate of drug-likeness (QED) is 0.277. The Morgan fingerprint density at radius 2 is 1.92 bits per heavy atom. The molecule has 1 amide bonds. The van der Waals surface area contributed by atoms with E-state index in [4.69, 9.17) is 9.47 Å². The zero-order valence-electron chi connectivity index (χ0n) is 19.9. The summed E-state index contributed by atoms with van der Waals surface area (Å²) in [5, 5.41) is 18.7. The number of aryl methyl sites for hydroxylation is 1. The number of hydrogen-bond donors (Lipinski definition) is 1. The van der Waals surface area contributed by atoms with Gasteiger partial charge in [-0.25, -0.2) is 9.67 Å². The summed E-state index contributed by atoms with van der Waals surface area (Å²) in [4.78, 5) is 40.8. The molecule has 0 bridgehead atoms. The molecule has 12 heteroatoms. The number of aromatic nitrogens is 4. The zero-order valence-corrected chi connectivity index (χ0v) is 19.9. The summed E-state index contributed by atoms with van der Waals surface area (Å²) in [5.41, 5.74) is 1.66. The maximum absolute atomic E-state index is 12.9. The fourth-order valence-electron chi connectivity index (χ4n) is 3.85. The van der Waals surface area contributed by atoms with E-state index in [2.05, 4.69) is 15.4 Å². The summed E-state index contributed by atoms with van der Waals surface area (Å²) in [6.45, 7) is 2.66. The van der Waals surface area contributed by atoms with Gasteiger partial charge in [-0.15, -0.1) is 0 Å². The number of rotatable bonds is 9. The maximum atomic E-state index is 12.9. The van der Waals surface area contributed by atoms with Gasteiger partial charge in [0, 0.05) is 12.6 Å². The molecule has 0 atom stereocenters. The highest BCUT2D eigenvalue weighted by Crippen LogP contribution is 2.34. The smallest absolute Gasteiger partial charge is 0.286 e. The third-order valence-corrected chi connectivity index (χ3v) is 5.61. The molecule has 4 rings (SSSR count). The van der Waals surface area contributed by atoms with Gasteiger partial charge in [0.1, 0.15) is 17.3 Å². The first-order valence-corrected chi connectivity index (χ1v) is 11.0. The first kappa shape index (κ1) is 24.4. The van der Waals surface area contributed by atoms with Gasteiger partial charge in [-0.3, -0.25) is 24.3 Å². The first-order valence-electron chi connectivity index (χ1n) is 11.0. The van der Waals surface area contributed by atoms with Crippen LogP contribution in [0.4, 0.5) is 5.69 Å². The fourth-order valence-corrected chi connectivity index (χ4v) is 3.85. The number of methoxy groups -OCH3 is 2. The molecule has 0 aliphatic heterocycles. The number of nitrogens with one attached hydrogen (secondary N) is 1. The van der Waals surface area contributed by atoms with E-state index < -0.39 is 16.5 Å². The molecule has 0 saturated carbocycles. The highest BCUT2D eigenvalue weighted by atomic mass is 16.6. The van der Waals surface area contributed by atoms with Gasteiger partial charge in [0.15, 0.2) is 17.1 Å². The van der Waals surface area contributed by atoms with Crippen LogP contribution in [0.3, 0.4) is 0 Å². The molecule has 186 valence electrons. The molecule has 0 spiro atoms. The van der Waals surface area contributed by atoms with Crippen molar-refractivity contribution in [2.24, 2.45) is 0 Å². The molecule has 12 nitrogen and oxygen atoms in total. The minimum atomic E-state index is -0.663. The van der Waals surface area contributed by atoms with E-state index in [0.717, 1.165) is 17.2 Å². The molecule has 0 fully saturated rings. The molecular weight excluding hydrogens is 468 g/mol. The van der Waals surface area contributed by atoms with Crippen molar-refractivity contribution in [3.8, 4) is 11.5 Å². The standard InChI is InChI=1S/C24H24N6O6/c1-15-5-4-6-16(9-15)13-28-14-26-22-18(24(28)32)12-27-29(22)8-7-25-23(31)17-10-20(35-2)21(36-3)11-19(17)30(33)34/h4-6,9-12,14H,7-8,13H2,1-3H3,(H,25,31). The maximum Gasteiger partial charge on any atom is 0.286 e. The molecule has 0 unspecified atom stereocenters. The lowest BCUT2D eigenvalue weighted by atomic mass is 10.1. The highest BCUT2D eigenvalue weighted by Gasteiger charge is 2.24. The van der Waals surface area contributed by atoms with Crippen LogP contribution in [0.1, 0.15) is 21.5 Å². The van der Waals surface area contributed by atoms with Crippen molar-refractivity contribution >= 4 is 22.6 Å². The van der Waals surface area contributed by atoms with Crippen LogP contribution in [-0.2, 0) is 13.1 Å². The minimum Gasteiger partial charge on any atom is -0.493 e. The molecule has 2 aromatic heterocycles. The van der Waals surface area contributed by atoms with E-state index in [9.17, 15) is 19.7 Å². The normalized spacial score (nSPS) is 10.9. The van der Waals surface area contributed by atoms with E-state index in [1.165, 1.54) is 42.1 Å². The predicted molar refractivity (Wildman–Crippen MR) is 131 cm³/mol. The Bertz CT molecular complexity index is 1510. The van der Waals surface area contributed by atoms with Crippen molar-refractivity contribution in [3.63, 3.8) is 0 Å². The van der Waals surface area contributed by atoms with Gasteiger partial charge in [0.25, 0.3) is 17.2 Å². The molecule has 0 aliphatic carbocycles. The molecule has 2 heterocycles. The summed E-state index contributed by atoms with van der Waals surface area (Å²) in [7, 11) is 2.72. The second-order valence-corrected chi connectivity index (χ2v) is 8.01. The summed E-state index contributed by atoms with van der Waals surface area (Å²) in [5.74, 6) is -0.326. The Labute approximate surface area is 205 Å². The van der Waals surface area contributed by atoms with Crippen molar-refractivity contribution in [2.45, 2.75) is 20.0 Å². The van der Waals surface area contributed by atoms with Gasteiger partial charge in [0.2, 0.25) is 0 Å². The summed E-state index contributed by atoms with van der Waals surface area (Å²) in [6.07, 6.45) is 2.91. The first-order chi connectivity index (χ1) is 17.3. The Hall–Kier alpha value is -4.74. The second-order valence-electron chi connectivity index (χ2n) is 8.01. The lowest BCUT2D eigenvalue weighted by molar-refractivity contribution is -0.385. The third-order valence-electron chi connectivity index (χ3n) is 5.61. The van der Waals surface area contributed by atoms with E-state index in [-0.39, 0.29) is 35.7 Å². The van der Waals surface area contributed by atoms with Gasteiger partial charge in [-0.2, -0.15) is 5.10 Å². The van der Waals surface area contributed by atoms with Crippen LogP contribution in [0.25, 0.3) is 11.0 Å². The van der Waals surface area contributed by atoms with Crippen molar-refractivity contribution in [1.82, 2.24) is 24.6 Å². The molecule has 2 aromatic carbocycles. The zero-order chi connectivity index (χ0) is 25.8. The molecule has 0 saturated heterocycles. The van der Waals surface area contributed by atoms with Crippen LogP contribution >= 0.6 is 0 Å². The van der Waals surface area contributed by atoms with Crippen molar-refractivity contribution in [1.29, 1.82) is 0 Å². The van der Waals surface area contributed by atoms with Crippen LogP contribution in [0.5, 0.6) is 11.5 Å². The van der Waals surface area contributed by atoms with E-state index >= 15 is 0 Å². The largest absolute Gasteiger partial charge is 0.493 e. The van der Waals surface area contributed by atoms with Crippen molar-refractivity contribution in [2.75, 3.05) is 20.8 Å². The number of amides is 1. The number of carbonyl (C=O) groups is 1. The van der Waals surface area contributed by atoms with Crippen LogP contribution in [0.15, 0.2) is 53.7 Å². The summed E-state index contributed by atoms with van der Waals surface area (Å²) < 4.78 is 13.3. The number of fused-ring (bicyclic) bond motifs is 1. The molecular formula is C24H24N6O6. The van der Waals surface area contributed by atoms with Crippen LogP contribution in [0.2, 0.25) is 0 Å². The topological polar surface area (TPSA) is 143 Å². The van der Waals surface area contributed by atoms with E-state index in [1.807, 2.05) is 31.2 Å².